The van der Waals surface area contributed by atoms with Crippen LogP contribution in [-0.4, -0.2) is 5.97 Å². The first-order valence-electron chi connectivity index (χ1n) is 3.60. The molecule has 1 heterocycles. The second kappa shape index (κ2) is 2.66. The fourth-order valence-corrected chi connectivity index (χ4v) is 1.38. The summed E-state index contributed by atoms with van der Waals surface area (Å²) in [6, 6.07) is 1.81. The van der Waals surface area contributed by atoms with Crippen LogP contribution in [0.5, 0.6) is 5.75 Å². The first-order chi connectivity index (χ1) is 5.36. The summed E-state index contributed by atoms with van der Waals surface area (Å²) in [5.41, 5.74) is 0. The van der Waals surface area contributed by atoms with Gasteiger partial charge in [0.05, 0.1) is 5.92 Å². The summed E-state index contributed by atoms with van der Waals surface area (Å²) in [6.07, 6.45) is 2.01. The average molecular weight is 168 g/mol. The summed E-state index contributed by atoms with van der Waals surface area (Å²) >= 11 is 1.54. The van der Waals surface area contributed by atoms with E-state index in [2.05, 4.69) is 0 Å². The molecule has 1 aromatic rings. The predicted octanol–water partition coefficient (Wildman–Crippen LogP) is 2.06. The van der Waals surface area contributed by atoms with Gasteiger partial charge >= 0.3 is 5.97 Å². The molecule has 0 radical (unpaired) electrons. The summed E-state index contributed by atoms with van der Waals surface area (Å²) in [7, 11) is 0. The van der Waals surface area contributed by atoms with Crippen LogP contribution in [-0.2, 0) is 4.79 Å². The SMILES string of the molecule is O=C(Oc1ccsc1)C1CC1. The van der Waals surface area contributed by atoms with E-state index in [-0.39, 0.29) is 11.9 Å². The molecule has 0 atom stereocenters. The first-order valence-corrected chi connectivity index (χ1v) is 4.54. The second-order valence-corrected chi connectivity index (χ2v) is 3.43. The Morgan fingerprint density at radius 1 is 1.64 bits per heavy atom. The quantitative estimate of drug-likeness (QED) is 0.632. The zero-order valence-electron chi connectivity index (χ0n) is 5.95. The van der Waals surface area contributed by atoms with Gasteiger partial charge in [-0.1, -0.05) is 0 Å². The van der Waals surface area contributed by atoms with Crippen molar-refractivity contribution in [1.82, 2.24) is 0 Å². The van der Waals surface area contributed by atoms with Gasteiger partial charge in [-0.05, 0) is 24.3 Å². The summed E-state index contributed by atoms with van der Waals surface area (Å²) in [4.78, 5) is 11.1. The number of carbonyl (C=O) groups is 1. The van der Waals surface area contributed by atoms with Crippen LogP contribution in [0.25, 0.3) is 0 Å². The van der Waals surface area contributed by atoms with E-state index in [0.29, 0.717) is 5.75 Å². The minimum absolute atomic E-state index is 0.0663. The van der Waals surface area contributed by atoms with Crippen LogP contribution < -0.4 is 4.74 Å². The molecule has 1 fully saturated rings. The number of esters is 1. The Balaban J connectivity index is 1.94. The zero-order chi connectivity index (χ0) is 7.68. The van der Waals surface area contributed by atoms with Gasteiger partial charge in [-0.3, -0.25) is 4.79 Å². The smallest absolute Gasteiger partial charge is 0.314 e. The number of carbonyl (C=O) groups excluding carboxylic acids is 1. The van der Waals surface area contributed by atoms with Gasteiger partial charge in [0.1, 0.15) is 5.75 Å². The molecule has 0 saturated heterocycles. The highest BCUT2D eigenvalue weighted by Crippen LogP contribution is 2.31. The molecule has 0 N–H and O–H groups in total. The number of hydrogen-bond acceptors (Lipinski definition) is 3. The lowest BCUT2D eigenvalue weighted by molar-refractivity contribution is -0.135. The number of hydrogen-bond donors (Lipinski definition) is 0. The molecule has 1 aliphatic carbocycles. The van der Waals surface area contributed by atoms with E-state index in [9.17, 15) is 4.79 Å². The molecule has 58 valence electrons. The topological polar surface area (TPSA) is 26.3 Å². The standard InChI is InChI=1S/C8H8O2S/c9-8(6-1-2-6)10-7-3-4-11-5-7/h3-6H,1-2H2. The molecule has 0 unspecified atom stereocenters. The highest BCUT2D eigenvalue weighted by atomic mass is 32.1. The molecule has 11 heavy (non-hydrogen) atoms. The van der Waals surface area contributed by atoms with Crippen molar-refractivity contribution in [2.45, 2.75) is 12.8 Å². The summed E-state index contributed by atoms with van der Waals surface area (Å²) in [6.45, 7) is 0. The van der Waals surface area contributed by atoms with Crippen molar-refractivity contribution in [3.05, 3.63) is 16.8 Å². The monoisotopic (exact) mass is 168 g/mol. The molecule has 0 amide bonds. The summed E-state index contributed by atoms with van der Waals surface area (Å²) < 4.78 is 5.05. The van der Waals surface area contributed by atoms with E-state index in [0.717, 1.165) is 12.8 Å². The maximum Gasteiger partial charge on any atom is 0.314 e. The fraction of sp³-hybridized carbons (Fsp3) is 0.375. The molecule has 3 heteroatoms. The van der Waals surface area contributed by atoms with Gasteiger partial charge in [0, 0.05) is 5.38 Å². The predicted molar refractivity (Wildman–Crippen MR) is 42.7 cm³/mol. The normalized spacial score (nSPS) is 16.4. The van der Waals surface area contributed by atoms with Gasteiger partial charge in [0.15, 0.2) is 0 Å². The zero-order valence-corrected chi connectivity index (χ0v) is 6.76. The van der Waals surface area contributed by atoms with Crippen LogP contribution in [0.1, 0.15) is 12.8 Å². The third kappa shape index (κ3) is 1.60. The van der Waals surface area contributed by atoms with Gasteiger partial charge in [-0.25, -0.2) is 0 Å². The molecular weight excluding hydrogens is 160 g/mol. The molecule has 1 saturated carbocycles. The van der Waals surface area contributed by atoms with Crippen molar-refractivity contribution in [2.75, 3.05) is 0 Å². The van der Waals surface area contributed by atoms with Crippen molar-refractivity contribution < 1.29 is 9.53 Å². The average Bonchev–Trinajstić information content (AvgIpc) is 2.73. The van der Waals surface area contributed by atoms with E-state index < -0.39 is 0 Å². The largest absolute Gasteiger partial charge is 0.425 e. The summed E-state index contributed by atoms with van der Waals surface area (Å²) in [5.74, 6) is 0.810. The van der Waals surface area contributed by atoms with Crippen molar-refractivity contribution in [3.63, 3.8) is 0 Å². The maximum atomic E-state index is 11.1. The van der Waals surface area contributed by atoms with Crippen molar-refractivity contribution in [2.24, 2.45) is 5.92 Å². The van der Waals surface area contributed by atoms with Crippen LogP contribution in [0.4, 0.5) is 0 Å². The number of thiophene rings is 1. The van der Waals surface area contributed by atoms with Gasteiger partial charge in [0.25, 0.3) is 0 Å². The molecule has 0 spiro atoms. The highest BCUT2D eigenvalue weighted by molar-refractivity contribution is 7.08. The maximum absolute atomic E-state index is 11.1. The Bertz CT molecular complexity index is 249. The van der Waals surface area contributed by atoms with Crippen LogP contribution in [0.15, 0.2) is 16.8 Å². The van der Waals surface area contributed by atoms with Gasteiger partial charge in [-0.15, -0.1) is 11.3 Å². The van der Waals surface area contributed by atoms with Gasteiger partial charge in [-0.2, -0.15) is 0 Å². The van der Waals surface area contributed by atoms with E-state index >= 15 is 0 Å². The molecule has 2 nitrogen and oxygen atoms in total. The summed E-state index contributed by atoms with van der Waals surface area (Å²) in [5, 5.41) is 3.73. The van der Waals surface area contributed by atoms with E-state index in [1.807, 2.05) is 16.8 Å². The van der Waals surface area contributed by atoms with Crippen LogP contribution in [0, 0.1) is 5.92 Å². The molecule has 0 aromatic carbocycles. The lowest BCUT2D eigenvalue weighted by Crippen LogP contribution is -2.08. The minimum atomic E-state index is -0.0663. The van der Waals surface area contributed by atoms with E-state index in [1.165, 1.54) is 11.3 Å². The Labute approximate surface area is 68.8 Å². The van der Waals surface area contributed by atoms with Crippen LogP contribution in [0.3, 0.4) is 0 Å². The molecule has 0 aliphatic heterocycles. The molecule has 0 bridgehead atoms. The van der Waals surface area contributed by atoms with Crippen molar-refractivity contribution in [1.29, 1.82) is 0 Å². The Kier molecular flexibility index (Phi) is 1.66. The van der Waals surface area contributed by atoms with Crippen LogP contribution >= 0.6 is 11.3 Å². The molecule has 2 rings (SSSR count). The van der Waals surface area contributed by atoms with Gasteiger partial charge < -0.3 is 4.74 Å². The number of ether oxygens (including phenoxy) is 1. The Hall–Kier alpha value is -0.830. The van der Waals surface area contributed by atoms with Crippen molar-refractivity contribution >= 4 is 17.3 Å². The lowest BCUT2D eigenvalue weighted by Gasteiger charge is -1.97. The van der Waals surface area contributed by atoms with Crippen LogP contribution in [0.2, 0.25) is 0 Å². The van der Waals surface area contributed by atoms with Crippen molar-refractivity contribution in [3.8, 4) is 5.75 Å². The van der Waals surface area contributed by atoms with E-state index in [1.54, 1.807) is 0 Å². The molecular formula is C8H8O2S. The second-order valence-electron chi connectivity index (χ2n) is 2.65. The van der Waals surface area contributed by atoms with Gasteiger partial charge in [0.2, 0.25) is 0 Å². The molecule has 1 aliphatic rings. The fourth-order valence-electron chi connectivity index (χ4n) is 0.829. The Morgan fingerprint density at radius 2 is 2.45 bits per heavy atom. The molecule has 1 aromatic heterocycles. The Morgan fingerprint density at radius 3 is 3.00 bits per heavy atom. The van der Waals surface area contributed by atoms with E-state index in [4.69, 9.17) is 4.74 Å². The third-order valence-corrected chi connectivity index (χ3v) is 2.29. The number of rotatable bonds is 2. The lowest BCUT2D eigenvalue weighted by atomic mass is 10.4. The minimum Gasteiger partial charge on any atom is -0.425 e. The first kappa shape index (κ1) is 6.85. The highest BCUT2D eigenvalue weighted by Gasteiger charge is 2.31. The third-order valence-electron chi connectivity index (χ3n) is 1.62.